The number of rotatable bonds is 4. The van der Waals surface area contributed by atoms with Gasteiger partial charge in [-0.2, -0.15) is 0 Å². The highest BCUT2D eigenvalue weighted by Gasteiger charge is 2.35. The van der Waals surface area contributed by atoms with E-state index in [1.807, 2.05) is 29.2 Å². The number of amides is 1. The van der Waals surface area contributed by atoms with Crippen molar-refractivity contribution < 1.29 is 4.79 Å². The molecule has 150 valence electrons. The fourth-order valence-electron chi connectivity index (χ4n) is 4.56. The maximum atomic E-state index is 12.9. The molecule has 1 fully saturated rings. The number of imidazole rings is 1. The van der Waals surface area contributed by atoms with Crippen LogP contribution in [0.1, 0.15) is 42.3 Å². The predicted octanol–water partition coefficient (Wildman–Crippen LogP) is 5.47. The molecule has 4 nitrogen and oxygen atoms in total. The lowest BCUT2D eigenvalue weighted by Crippen LogP contribution is -2.24. The van der Waals surface area contributed by atoms with Gasteiger partial charge in [-0.1, -0.05) is 54.6 Å². The minimum atomic E-state index is 0.0663. The van der Waals surface area contributed by atoms with E-state index in [-0.39, 0.29) is 17.9 Å². The van der Waals surface area contributed by atoms with Gasteiger partial charge < -0.3 is 9.47 Å². The summed E-state index contributed by atoms with van der Waals surface area (Å²) in [6.45, 7) is 4.93. The number of para-hydroxylation sites is 2. The summed E-state index contributed by atoms with van der Waals surface area (Å²) >= 11 is 0. The first-order chi connectivity index (χ1) is 14.6. The van der Waals surface area contributed by atoms with Gasteiger partial charge in [-0.15, -0.1) is 0 Å². The molecule has 3 aromatic carbocycles. The Morgan fingerprint density at radius 1 is 0.967 bits per heavy atom. The molecule has 0 N–H and O–H groups in total. The number of fused-ring (bicyclic) bond motifs is 1. The number of nitrogens with zero attached hydrogens (tertiary/aromatic N) is 3. The largest absolute Gasteiger partial charge is 0.320 e. The van der Waals surface area contributed by atoms with Gasteiger partial charge in [0.25, 0.3) is 0 Å². The first kappa shape index (κ1) is 18.6. The summed E-state index contributed by atoms with van der Waals surface area (Å²) in [5.41, 5.74) is 5.47. The zero-order valence-corrected chi connectivity index (χ0v) is 17.3. The molecule has 1 aliphatic heterocycles. The van der Waals surface area contributed by atoms with Crippen LogP contribution in [0.5, 0.6) is 0 Å². The van der Waals surface area contributed by atoms with E-state index in [9.17, 15) is 4.79 Å². The Kier molecular flexibility index (Phi) is 4.62. The second-order valence-corrected chi connectivity index (χ2v) is 8.16. The van der Waals surface area contributed by atoms with E-state index >= 15 is 0 Å². The molecule has 5 rings (SSSR count). The molecular weight excluding hydrogens is 370 g/mol. The predicted molar refractivity (Wildman–Crippen MR) is 121 cm³/mol. The van der Waals surface area contributed by atoms with Gasteiger partial charge >= 0.3 is 0 Å². The van der Waals surface area contributed by atoms with Crippen LogP contribution in [0.2, 0.25) is 0 Å². The highest BCUT2D eigenvalue weighted by atomic mass is 16.2. The maximum absolute atomic E-state index is 12.9. The number of anilines is 1. The topological polar surface area (TPSA) is 38.1 Å². The van der Waals surface area contributed by atoms with Gasteiger partial charge in [0.15, 0.2) is 0 Å². The van der Waals surface area contributed by atoms with E-state index < -0.39 is 0 Å². The average Bonchev–Trinajstić information content (AvgIpc) is 3.34. The number of carbonyl (C=O) groups excluding carboxylic acids is 1. The van der Waals surface area contributed by atoms with Gasteiger partial charge in [0.1, 0.15) is 5.82 Å². The third-order valence-electron chi connectivity index (χ3n) is 6.10. The molecule has 0 aliphatic carbocycles. The van der Waals surface area contributed by atoms with Gasteiger partial charge in [-0.05, 0) is 49.2 Å². The van der Waals surface area contributed by atoms with Crippen LogP contribution in [0.4, 0.5) is 5.69 Å². The van der Waals surface area contributed by atoms with Gasteiger partial charge in [-0.3, -0.25) is 4.79 Å². The zero-order chi connectivity index (χ0) is 20.7. The van der Waals surface area contributed by atoms with E-state index in [1.54, 1.807) is 0 Å². The van der Waals surface area contributed by atoms with Gasteiger partial charge in [0.05, 0.1) is 17.1 Å². The number of hydrogen-bond acceptors (Lipinski definition) is 2. The van der Waals surface area contributed by atoms with E-state index in [4.69, 9.17) is 4.98 Å². The smallest absolute Gasteiger partial charge is 0.227 e. The summed E-state index contributed by atoms with van der Waals surface area (Å²) in [6.07, 6.45) is 0.485. The van der Waals surface area contributed by atoms with Crippen LogP contribution in [0.3, 0.4) is 0 Å². The molecule has 2 atom stereocenters. The van der Waals surface area contributed by atoms with Crippen LogP contribution in [0.15, 0.2) is 78.9 Å². The zero-order valence-electron chi connectivity index (χ0n) is 17.3. The summed E-state index contributed by atoms with van der Waals surface area (Å²) < 4.78 is 2.32. The minimum Gasteiger partial charge on any atom is -0.320 e. The summed E-state index contributed by atoms with van der Waals surface area (Å²) in [5.74, 6) is 1.23. The van der Waals surface area contributed by atoms with E-state index in [0.29, 0.717) is 13.0 Å². The van der Waals surface area contributed by atoms with E-state index in [1.165, 1.54) is 5.56 Å². The van der Waals surface area contributed by atoms with Crippen molar-refractivity contribution in [2.24, 2.45) is 0 Å². The fraction of sp³-hybridized carbons (Fsp3) is 0.231. The molecule has 0 radical (unpaired) electrons. The Morgan fingerprint density at radius 2 is 1.73 bits per heavy atom. The SMILES string of the molecule is Cc1cccc(N2C[C@@H](c3nc4ccccc4n3[C@H](C)c3ccccc3)CC2=O)c1. The first-order valence-electron chi connectivity index (χ1n) is 10.5. The normalized spacial score (nSPS) is 17.6. The van der Waals surface area contributed by atoms with E-state index in [2.05, 4.69) is 73.0 Å². The summed E-state index contributed by atoms with van der Waals surface area (Å²) in [4.78, 5) is 19.8. The molecule has 1 saturated heterocycles. The molecule has 1 amide bonds. The van der Waals surface area contributed by atoms with Crippen LogP contribution in [-0.2, 0) is 4.79 Å². The molecule has 0 saturated carbocycles. The molecule has 1 aliphatic rings. The number of aryl methyl sites for hydroxylation is 1. The quantitative estimate of drug-likeness (QED) is 0.459. The molecular formula is C26H25N3O. The summed E-state index contributed by atoms with van der Waals surface area (Å²) in [6, 6.07) is 27.1. The standard InChI is InChI=1S/C26H25N3O/c1-18-9-8-12-22(15-18)28-17-21(16-25(28)30)26-27-23-13-6-7-14-24(23)29(26)19(2)20-10-4-3-5-11-20/h3-15,19,21H,16-17H2,1-2H3/t19-,21+/m1/s1. The Labute approximate surface area is 176 Å². The van der Waals surface area contributed by atoms with Crippen LogP contribution < -0.4 is 4.90 Å². The minimum absolute atomic E-state index is 0.0663. The highest BCUT2D eigenvalue weighted by molar-refractivity contribution is 5.96. The lowest BCUT2D eigenvalue weighted by atomic mass is 10.0. The Balaban J connectivity index is 1.57. The number of carbonyl (C=O) groups is 1. The van der Waals surface area contributed by atoms with Gasteiger partial charge in [-0.25, -0.2) is 4.98 Å². The van der Waals surface area contributed by atoms with Crippen molar-refractivity contribution in [3.05, 3.63) is 95.8 Å². The lowest BCUT2D eigenvalue weighted by Gasteiger charge is -2.21. The molecule has 30 heavy (non-hydrogen) atoms. The monoisotopic (exact) mass is 395 g/mol. The van der Waals surface area contributed by atoms with Crippen molar-refractivity contribution in [2.45, 2.75) is 32.2 Å². The summed E-state index contributed by atoms with van der Waals surface area (Å²) in [5, 5.41) is 0. The molecule has 1 aromatic heterocycles. The van der Waals surface area contributed by atoms with Crippen molar-refractivity contribution in [1.29, 1.82) is 0 Å². The van der Waals surface area contributed by atoms with Crippen molar-refractivity contribution in [1.82, 2.24) is 9.55 Å². The molecule has 0 unspecified atom stereocenters. The van der Waals surface area contributed by atoms with Gasteiger partial charge in [0.2, 0.25) is 5.91 Å². The van der Waals surface area contributed by atoms with Crippen molar-refractivity contribution in [2.75, 3.05) is 11.4 Å². The average molecular weight is 396 g/mol. The molecule has 2 heterocycles. The second-order valence-electron chi connectivity index (χ2n) is 8.16. The Hall–Kier alpha value is -3.40. The van der Waals surface area contributed by atoms with Crippen molar-refractivity contribution >= 4 is 22.6 Å². The van der Waals surface area contributed by atoms with Gasteiger partial charge in [0, 0.05) is 24.6 Å². The van der Waals surface area contributed by atoms with Crippen LogP contribution >= 0.6 is 0 Å². The second kappa shape index (κ2) is 7.45. The number of benzene rings is 3. The van der Waals surface area contributed by atoms with Crippen LogP contribution in [-0.4, -0.2) is 22.0 Å². The van der Waals surface area contributed by atoms with Crippen molar-refractivity contribution in [3.63, 3.8) is 0 Å². The molecule has 4 aromatic rings. The van der Waals surface area contributed by atoms with E-state index in [0.717, 1.165) is 28.1 Å². The maximum Gasteiger partial charge on any atom is 0.227 e. The van der Waals surface area contributed by atoms with Crippen LogP contribution in [0.25, 0.3) is 11.0 Å². The lowest BCUT2D eigenvalue weighted by molar-refractivity contribution is -0.117. The third kappa shape index (κ3) is 3.18. The fourth-order valence-corrected chi connectivity index (χ4v) is 4.56. The number of aromatic nitrogens is 2. The molecule has 0 spiro atoms. The Morgan fingerprint density at radius 3 is 2.53 bits per heavy atom. The number of hydrogen-bond donors (Lipinski definition) is 0. The molecule has 4 heteroatoms. The highest BCUT2D eigenvalue weighted by Crippen LogP contribution is 2.36. The Bertz CT molecular complexity index is 1210. The first-order valence-corrected chi connectivity index (χ1v) is 10.5. The van der Waals surface area contributed by atoms with Crippen LogP contribution in [0, 0.1) is 6.92 Å². The van der Waals surface area contributed by atoms with Crippen molar-refractivity contribution in [3.8, 4) is 0 Å². The molecule has 0 bridgehead atoms. The third-order valence-corrected chi connectivity index (χ3v) is 6.10. The summed E-state index contributed by atoms with van der Waals surface area (Å²) in [7, 11) is 0.